The van der Waals surface area contributed by atoms with Gasteiger partial charge in [-0.15, -0.1) is 0 Å². The highest BCUT2D eigenvalue weighted by Gasteiger charge is 2.33. The van der Waals surface area contributed by atoms with Crippen LogP contribution in [0.1, 0.15) is 38.8 Å². The molecule has 0 spiro atoms. The van der Waals surface area contributed by atoms with Gasteiger partial charge in [-0.25, -0.2) is 4.79 Å². The Kier molecular flexibility index (Phi) is 4.99. The minimum absolute atomic E-state index is 0.239. The van der Waals surface area contributed by atoms with Gasteiger partial charge in [0, 0.05) is 12.1 Å². The van der Waals surface area contributed by atoms with Gasteiger partial charge in [0.25, 0.3) is 0 Å². The van der Waals surface area contributed by atoms with Crippen molar-refractivity contribution in [3.63, 3.8) is 0 Å². The lowest BCUT2D eigenvalue weighted by Gasteiger charge is -2.38. The molecule has 1 rings (SSSR count). The van der Waals surface area contributed by atoms with Gasteiger partial charge < -0.3 is 5.73 Å². The number of amides is 2. The van der Waals surface area contributed by atoms with E-state index in [1.54, 1.807) is 4.90 Å². The first kappa shape index (κ1) is 17.0. The van der Waals surface area contributed by atoms with E-state index in [0.29, 0.717) is 6.54 Å². The van der Waals surface area contributed by atoms with Crippen LogP contribution in [-0.4, -0.2) is 29.0 Å². The van der Waals surface area contributed by atoms with E-state index in [0.717, 1.165) is 16.8 Å². The molecule has 5 nitrogen and oxygen atoms in total. The fraction of sp³-hybridized carbons (Fsp3) is 0.500. The molecule has 0 fully saturated rings. The minimum Gasteiger partial charge on any atom is -0.370 e. The summed E-state index contributed by atoms with van der Waals surface area (Å²) in [6.07, 6.45) is 0. The number of carbonyl (C=O) groups excluding carboxylic acids is 1. The van der Waals surface area contributed by atoms with Crippen LogP contribution in [-0.2, 0) is 0 Å². The summed E-state index contributed by atoms with van der Waals surface area (Å²) in [6, 6.07) is 5.66. The van der Waals surface area contributed by atoms with E-state index in [2.05, 4.69) is 0 Å². The lowest BCUT2D eigenvalue weighted by molar-refractivity contribution is 0.196. The maximum absolute atomic E-state index is 12.9. The monoisotopic (exact) mass is 290 g/mol. The van der Waals surface area contributed by atoms with Crippen LogP contribution in [0.2, 0.25) is 0 Å². The summed E-state index contributed by atoms with van der Waals surface area (Å²) in [5.74, 6) is -0.239. The molecule has 1 aromatic rings. The van der Waals surface area contributed by atoms with Gasteiger partial charge in [-0.05, 0) is 52.7 Å². The third-order valence-corrected chi connectivity index (χ3v) is 3.36. The molecule has 1 aromatic carbocycles. The number of hydrogen-bond acceptors (Lipinski definition) is 2. The van der Waals surface area contributed by atoms with E-state index in [-0.39, 0.29) is 12.0 Å². The average molecular weight is 290 g/mol. The Balaban J connectivity index is 3.33. The van der Waals surface area contributed by atoms with Crippen molar-refractivity contribution < 1.29 is 4.79 Å². The Morgan fingerprint density at radius 2 is 1.71 bits per heavy atom. The summed E-state index contributed by atoms with van der Waals surface area (Å²) in [5.41, 5.74) is 8.03. The van der Waals surface area contributed by atoms with Crippen LogP contribution >= 0.6 is 0 Å². The number of aryl methyl sites for hydroxylation is 2. The van der Waals surface area contributed by atoms with Gasteiger partial charge in [0.2, 0.25) is 0 Å². The second kappa shape index (κ2) is 6.16. The highest BCUT2D eigenvalue weighted by molar-refractivity contribution is 6.03. The molecule has 2 amide bonds. The fourth-order valence-electron chi connectivity index (χ4n) is 2.49. The van der Waals surface area contributed by atoms with Crippen molar-refractivity contribution >= 4 is 17.7 Å². The molecule has 0 saturated carbocycles. The van der Waals surface area contributed by atoms with Gasteiger partial charge >= 0.3 is 6.03 Å². The van der Waals surface area contributed by atoms with Crippen LogP contribution in [0.25, 0.3) is 0 Å². The molecule has 0 bridgehead atoms. The number of guanidine groups is 1. The molecule has 0 radical (unpaired) electrons. The number of nitrogens with zero attached hydrogens (tertiary/aromatic N) is 2. The molecule has 0 unspecified atom stereocenters. The van der Waals surface area contributed by atoms with Gasteiger partial charge in [0.1, 0.15) is 0 Å². The van der Waals surface area contributed by atoms with E-state index in [4.69, 9.17) is 11.1 Å². The molecule has 116 valence electrons. The normalized spacial score (nSPS) is 11.1. The van der Waals surface area contributed by atoms with Crippen molar-refractivity contribution in [2.24, 2.45) is 5.73 Å². The molecule has 0 saturated heterocycles. The number of benzene rings is 1. The van der Waals surface area contributed by atoms with E-state index in [1.807, 2.05) is 59.7 Å². The standard InChI is InChI=1S/C16H26N4O/c1-7-19(13-11(2)9-8-10-12(13)3)15(21)20(14(17)18)16(4,5)6/h8-10H,7H2,1-6H3,(H3,17,18). The first-order valence-electron chi connectivity index (χ1n) is 7.13. The quantitative estimate of drug-likeness (QED) is 0.648. The van der Waals surface area contributed by atoms with Crippen molar-refractivity contribution in [2.75, 3.05) is 11.4 Å². The summed E-state index contributed by atoms with van der Waals surface area (Å²) in [4.78, 5) is 15.9. The van der Waals surface area contributed by atoms with E-state index >= 15 is 0 Å². The molecule has 5 heteroatoms. The molecule has 0 aliphatic carbocycles. The van der Waals surface area contributed by atoms with Crippen molar-refractivity contribution in [1.82, 2.24) is 4.90 Å². The number of hydrogen-bond donors (Lipinski definition) is 2. The summed E-state index contributed by atoms with van der Waals surface area (Å²) in [6.45, 7) is 12.0. The zero-order chi connectivity index (χ0) is 16.4. The minimum atomic E-state index is -0.549. The summed E-state index contributed by atoms with van der Waals surface area (Å²) < 4.78 is 0. The average Bonchev–Trinajstić information content (AvgIpc) is 2.31. The van der Waals surface area contributed by atoms with E-state index in [9.17, 15) is 4.79 Å². The summed E-state index contributed by atoms with van der Waals surface area (Å²) in [5, 5.41) is 7.73. The lowest BCUT2D eigenvalue weighted by Crippen LogP contribution is -2.57. The number of nitrogens with two attached hydrogens (primary N) is 1. The Bertz CT molecular complexity index is 525. The van der Waals surface area contributed by atoms with Gasteiger partial charge in [-0.2, -0.15) is 0 Å². The van der Waals surface area contributed by atoms with Crippen LogP contribution in [0.4, 0.5) is 10.5 Å². The number of para-hydroxylation sites is 1. The smallest absolute Gasteiger partial charge is 0.331 e. The predicted octanol–water partition coefficient (Wildman–Crippen LogP) is 3.24. The van der Waals surface area contributed by atoms with Crippen LogP contribution in [0.3, 0.4) is 0 Å². The molecule has 21 heavy (non-hydrogen) atoms. The second-order valence-corrected chi connectivity index (χ2v) is 6.16. The number of urea groups is 1. The lowest BCUT2D eigenvalue weighted by atomic mass is 10.1. The highest BCUT2D eigenvalue weighted by atomic mass is 16.2. The van der Waals surface area contributed by atoms with Crippen molar-refractivity contribution in [1.29, 1.82) is 5.41 Å². The fourth-order valence-corrected chi connectivity index (χ4v) is 2.49. The molecular formula is C16H26N4O. The van der Waals surface area contributed by atoms with Crippen molar-refractivity contribution in [3.05, 3.63) is 29.3 Å². The van der Waals surface area contributed by atoms with Crippen LogP contribution in [0.15, 0.2) is 18.2 Å². The Morgan fingerprint density at radius 3 is 2.05 bits per heavy atom. The second-order valence-electron chi connectivity index (χ2n) is 6.16. The van der Waals surface area contributed by atoms with Gasteiger partial charge in [-0.1, -0.05) is 18.2 Å². The summed E-state index contributed by atoms with van der Waals surface area (Å²) >= 11 is 0. The molecule has 0 heterocycles. The maximum atomic E-state index is 12.9. The van der Waals surface area contributed by atoms with Crippen LogP contribution in [0.5, 0.6) is 0 Å². The Hall–Kier alpha value is -2.04. The molecule has 0 aliphatic heterocycles. The van der Waals surface area contributed by atoms with Gasteiger partial charge in [-0.3, -0.25) is 15.2 Å². The molecule has 0 aliphatic rings. The predicted molar refractivity (Wildman–Crippen MR) is 87.8 cm³/mol. The molecule has 0 atom stereocenters. The Morgan fingerprint density at radius 1 is 1.24 bits per heavy atom. The van der Waals surface area contributed by atoms with Crippen LogP contribution < -0.4 is 10.6 Å². The number of anilines is 1. The number of nitrogens with one attached hydrogen (secondary N) is 1. The third kappa shape index (κ3) is 3.54. The number of carbonyl (C=O) groups is 1. The zero-order valence-corrected chi connectivity index (χ0v) is 13.8. The largest absolute Gasteiger partial charge is 0.370 e. The third-order valence-electron chi connectivity index (χ3n) is 3.36. The molecule has 0 aromatic heterocycles. The van der Waals surface area contributed by atoms with Gasteiger partial charge in [0.05, 0.1) is 5.69 Å². The van der Waals surface area contributed by atoms with E-state index < -0.39 is 5.54 Å². The van der Waals surface area contributed by atoms with Crippen molar-refractivity contribution in [2.45, 2.75) is 47.1 Å². The van der Waals surface area contributed by atoms with Crippen LogP contribution in [0, 0.1) is 19.3 Å². The highest BCUT2D eigenvalue weighted by Crippen LogP contribution is 2.27. The maximum Gasteiger partial charge on any atom is 0.331 e. The topological polar surface area (TPSA) is 73.4 Å². The number of rotatable bonds is 2. The van der Waals surface area contributed by atoms with Gasteiger partial charge in [0.15, 0.2) is 5.96 Å². The zero-order valence-electron chi connectivity index (χ0n) is 13.8. The molecule has 3 N–H and O–H groups in total. The summed E-state index contributed by atoms with van der Waals surface area (Å²) in [7, 11) is 0. The SMILES string of the molecule is CCN(C(=O)N(C(=N)N)C(C)(C)C)c1c(C)cccc1C. The molecular weight excluding hydrogens is 264 g/mol. The Labute approximate surface area is 127 Å². The van der Waals surface area contributed by atoms with E-state index in [1.165, 1.54) is 4.90 Å². The van der Waals surface area contributed by atoms with Crippen molar-refractivity contribution in [3.8, 4) is 0 Å². The first-order chi connectivity index (χ1) is 9.61. The first-order valence-corrected chi connectivity index (χ1v) is 7.13.